The van der Waals surface area contributed by atoms with E-state index in [0.717, 1.165) is 42.7 Å². The van der Waals surface area contributed by atoms with Crippen LogP contribution >= 0.6 is 22.9 Å². The zero-order valence-electron chi connectivity index (χ0n) is 18.9. The minimum atomic E-state index is -4.20. The van der Waals surface area contributed by atoms with Gasteiger partial charge in [0.2, 0.25) is 0 Å². The third-order valence-electron chi connectivity index (χ3n) is 5.87. The number of nitrogens with one attached hydrogen (secondary N) is 3. The van der Waals surface area contributed by atoms with Crippen molar-refractivity contribution in [2.45, 2.75) is 30.7 Å². The van der Waals surface area contributed by atoms with Crippen LogP contribution in [0, 0.1) is 17.6 Å². The highest BCUT2D eigenvalue weighted by molar-refractivity contribution is 7.92. The number of benzene rings is 2. The molecule has 1 unspecified atom stereocenters. The molecular formula is C24H25ClF2N4O2S2. The molecule has 3 N–H and O–H groups in total. The monoisotopic (exact) mass is 538 g/mol. The first-order valence-corrected chi connectivity index (χ1v) is 13.9. The van der Waals surface area contributed by atoms with Crippen LogP contribution in [0.15, 0.2) is 58.3 Å². The molecular weight excluding hydrogens is 514 g/mol. The predicted molar refractivity (Wildman–Crippen MR) is 137 cm³/mol. The van der Waals surface area contributed by atoms with Crippen molar-refractivity contribution in [2.75, 3.05) is 23.1 Å². The van der Waals surface area contributed by atoms with E-state index in [9.17, 15) is 17.2 Å². The fourth-order valence-electron chi connectivity index (χ4n) is 4.27. The molecule has 0 saturated carbocycles. The molecule has 2 atom stereocenters. The van der Waals surface area contributed by atoms with Gasteiger partial charge < -0.3 is 10.6 Å². The largest absolute Gasteiger partial charge is 0.383 e. The molecule has 0 amide bonds. The summed E-state index contributed by atoms with van der Waals surface area (Å²) in [6, 6.07) is 8.71. The molecule has 0 saturated heterocycles. The van der Waals surface area contributed by atoms with Crippen LogP contribution in [0.2, 0.25) is 5.02 Å². The Labute approximate surface area is 212 Å². The van der Waals surface area contributed by atoms with Gasteiger partial charge in [-0.2, -0.15) is 0 Å². The highest BCUT2D eigenvalue weighted by atomic mass is 35.5. The minimum Gasteiger partial charge on any atom is -0.383 e. The molecule has 3 aromatic rings. The number of thiazole rings is 1. The quantitative estimate of drug-likeness (QED) is 0.323. The number of anilines is 2. The van der Waals surface area contributed by atoms with E-state index in [1.165, 1.54) is 34.4 Å². The fourth-order valence-corrected chi connectivity index (χ4v) is 6.21. The third-order valence-corrected chi connectivity index (χ3v) is 8.13. The molecule has 1 aliphatic rings. The Morgan fingerprint density at radius 1 is 1.20 bits per heavy atom. The van der Waals surface area contributed by atoms with Crippen molar-refractivity contribution in [3.05, 3.63) is 75.6 Å². The van der Waals surface area contributed by atoms with E-state index in [4.69, 9.17) is 11.6 Å². The van der Waals surface area contributed by atoms with E-state index >= 15 is 0 Å². The molecule has 1 aromatic heterocycles. The molecule has 0 spiro atoms. The topological polar surface area (TPSA) is 83.1 Å². The highest BCUT2D eigenvalue weighted by Gasteiger charge is 2.29. The first kappa shape index (κ1) is 25.6. The van der Waals surface area contributed by atoms with Crippen LogP contribution < -0.4 is 15.4 Å². The maximum absolute atomic E-state index is 14.9. The first-order chi connectivity index (χ1) is 16.8. The Morgan fingerprint density at radius 2 is 1.97 bits per heavy atom. The number of sulfonamides is 1. The standard InChI is InChI=1S/C24H25ClF2N4O2S2/c1-2-28-21-5-3-4-17(15-6-8-16(26)9-7-15)18(21)12-29-22-11-20(27)23(10-19(22)25)35(32,33)31-24-13-34-14-30-24/h4,6-11,13-14,18,21,28-29,31H,2-3,5,12H2,1H3/t18?,21-/m1/s1. The Morgan fingerprint density at radius 3 is 2.66 bits per heavy atom. The van der Waals surface area contributed by atoms with Crippen LogP contribution in [-0.4, -0.2) is 32.5 Å². The lowest BCUT2D eigenvalue weighted by atomic mass is 9.79. The van der Waals surface area contributed by atoms with Crippen molar-refractivity contribution in [2.24, 2.45) is 5.92 Å². The summed E-state index contributed by atoms with van der Waals surface area (Å²) in [5.41, 5.74) is 3.75. The zero-order chi connectivity index (χ0) is 25.0. The van der Waals surface area contributed by atoms with Crippen molar-refractivity contribution >= 4 is 50.0 Å². The van der Waals surface area contributed by atoms with Gasteiger partial charge in [0, 0.05) is 23.9 Å². The Balaban J connectivity index is 1.56. The summed E-state index contributed by atoms with van der Waals surface area (Å²) < 4.78 is 55.9. The van der Waals surface area contributed by atoms with Gasteiger partial charge in [-0.1, -0.05) is 36.7 Å². The van der Waals surface area contributed by atoms with Crippen molar-refractivity contribution < 1.29 is 17.2 Å². The first-order valence-electron chi connectivity index (χ1n) is 11.1. The molecule has 0 radical (unpaired) electrons. The molecule has 6 nitrogen and oxygen atoms in total. The van der Waals surface area contributed by atoms with Crippen LogP contribution in [-0.2, 0) is 10.0 Å². The summed E-state index contributed by atoms with van der Waals surface area (Å²) in [4.78, 5) is 3.31. The second-order valence-electron chi connectivity index (χ2n) is 8.14. The van der Waals surface area contributed by atoms with Gasteiger partial charge in [-0.15, -0.1) is 11.3 Å². The Bertz CT molecular complexity index is 1300. The van der Waals surface area contributed by atoms with E-state index in [-0.39, 0.29) is 34.3 Å². The van der Waals surface area contributed by atoms with Gasteiger partial charge >= 0.3 is 0 Å². The van der Waals surface area contributed by atoms with Crippen molar-refractivity contribution in [1.29, 1.82) is 0 Å². The molecule has 0 fully saturated rings. The van der Waals surface area contributed by atoms with Crippen molar-refractivity contribution in [3.8, 4) is 0 Å². The maximum Gasteiger partial charge on any atom is 0.266 e. The van der Waals surface area contributed by atoms with Crippen LogP contribution in [0.25, 0.3) is 5.57 Å². The summed E-state index contributed by atoms with van der Waals surface area (Å²) in [5, 5.41) is 8.28. The number of nitrogens with zero attached hydrogens (tertiary/aromatic N) is 1. The summed E-state index contributed by atoms with van der Waals surface area (Å²) in [5.74, 6) is -1.12. The number of hydrogen-bond donors (Lipinski definition) is 3. The molecule has 186 valence electrons. The smallest absolute Gasteiger partial charge is 0.266 e. The lowest BCUT2D eigenvalue weighted by Gasteiger charge is -2.34. The van der Waals surface area contributed by atoms with Gasteiger partial charge in [0.05, 0.1) is 16.2 Å². The second-order valence-corrected chi connectivity index (χ2v) is 10.9. The molecule has 11 heteroatoms. The lowest BCUT2D eigenvalue weighted by molar-refractivity contribution is 0.403. The minimum absolute atomic E-state index is 0.00281. The van der Waals surface area contributed by atoms with Crippen LogP contribution in [0.5, 0.6) is 0 Å². The van der Waals surface area contributed by atoms with Crippen molar-refractivity contribution in [1.82, 2.24) is 10.3 Å². The summed E-state index contributed by atoms with van der Waals surface area (Å²) in [6.07, 6.45) is 3.96. The Hall–Kier alpha value is -2.53. The number of aromatic nitrogens is 1. The van der Waals surface area contributed by atoms with Crippen LogP contribution in [0.3, 0.4) is 0 Å². The molecule has 1 heterocycles. The molecule has 1 aliphatic carbocycles. The predicted octanol–water partition coefficient (Wildman–Crippen LogP) is 5.76. The van der Waals surface area contributed by atoms with Gasteiger partial charge in [0.1, 0.15) is 16.5 Å². The van der Waals surface area contributed by atoms with Crippen LogP contribution in [0.1, 0.15) is 25.3 Å². The SMILES string of the molecule is CCN[C@@H]1CCC=C(c2ccc(F)cc2)C1CNc1cc(F)c(S(=O)(=O)Nc2cscn2)cc1Cl. The zero-order valence-corrected chi connectivity index (χ0v) is 21.3. The van der Waals surface area contributed by atoms with E-state index in [2.05, 4.69) is 26.4 Å². The van der Waals surface area contributed by atoms with E-state index < -0.39 is 20.7 Å². The fraction of sp³-hybridized carbons (Fsp3) is 0.292. The average Bonchev–Trinajstić information content (AvgIpc) is 3.33. The van der Waals surface area contributed by atoms with E-state index in [0.29, 0.717) is 6.54 Å². The summed E-state index contributed by atoms with van der Waals surface area (Å²) in [7, 11) is -4.20. The average molecular weight is 539 g/mol. The summed E-state index contributed by atoms with van der Waals surface area (Å²) >= 11 is 7.58. The molecule has 35 heavy (non-hydrogen) atoms. The lowest BCUT2D eigenvalue weighted by Crippen LogP contribution is -2.41. The Kier molecular flexibility index (Phi) is 8.05. The summed E-state index contributed by atoms with van der Waals surface area (Å²) in [6.45, 7) is 3.24. The molecule has 2 aromatic carbocycles. The molecule has 0 aliphatic heterocycles. The van der Waals surface area contributed by atoms with Crippen LogP contribution in [0.4, 0.5) is 20.3 Å². The molecule has 4 rings (SSSR count). The van der Waals surface area contributed by atoms with Gasteiger partial charge in [0.15, 0.2) is 5.82 Å². The second kappa shape index (κ2) is 11.0. The van der Waals surface area contributed by atoms with Gasteiger partial charge in [-0.05, 0) is 54.8 Å². The molecule has 0 bridgehead atoms. The van der Waals surface area contributed by atoms with Crippen molar-refractivity contribution in [3.63, 3.8) is 0 Å². The highest BCUT2D eigenvalue weighted by Crippen LogP contribution is 2.35. The maximum atomic E-state index is 14.9. The van der Waals surface area contributed by atoms with Gasteiger partial charge in [-0.3, -0.25) is 4.72 Å². The number of halogens is 3. The third kappa shape index (κ3) is 6.00. The number of allylic oxidation sites excluding steroid dienone is 1. The normalized spacial score (nSPS) is 18.2. The van der Waals surface area contributed by atoms with E-state index in [1.807, 2.05) is 6.92 Å². The number of hydrogen-bond acceptors (Lipinski definition) is 6. The number of rotatable bonds is 9. The van der Waals surface area contributed by atoms with Gasteiger partial charge in [-0.25, -0.2) is 22.2 Å². The van der Waals surface area contributed by atoms with Gasteiger partial charge in [0.25, 0.3) is 10.0 Å². The van der Waals surface area contributed by atoms with E-state index in [1.54, 1.807) is 12.1 Å².